The number of nitrogens with zero attached hydrogens (tertiary/aromatic N) is 5. The Labute approximate surface area is 185 Å². The highest BCUT2D eigenvalue weighted by Crippen LogP contribution is 2.28. The Kier molecular flexibility index (Phi) is 5.84. The Bertz CT molecular complexity index is 1110. The van der Waals surface area contributed by atoms with E-state index in [4.69, 9.17) is 5.26 Å². The highest BCUT2D eigenvalue weighted by atomic mass is 19.1. The van der Waals surface area contributed by atoms with Crippen molar-refractivity contribution in [3.63, 3.8) is 0 Å². The molecule has 10 heteroatoms. The number of aliphatic hydroxyl groups excluding tert-OH is 1. The molecule has 2 aromatic rings. The topological polar surface area (TPSA) is 114 Å². The molecule has 0 radical (unpaired) electrons. The Hall–Kier alpha value is -3.45. The number of halogens is 1. The molecule has 0 saturated carbocycles. The van der Waals surface area contributed by atoms with E-state index in [2.05, 4.69) is 10.4 Å². The van der Waals surface area contributed by atoms with Crippen LogP contribution >= 0.6 is 0 Å². The number of anilines is 1. The summed E-state index contributed by atoms with van der Waals surface area (Å²) in [6.07, 6.45) is 0.551. The fourth-order valence-corrected chi connectivity index (χ4v) is 4.33. The van der Waals surface area contributed by atoms with Gasteiger partial charge < -0.3 is 20.2 Å². The number of amides is 3. The fourth-order valence-electron chi connectivity index (χ4n) is 4.33. The molecule has 2 atom stereocenters. The zero-order valence-electron chi connectivity index (χ0n) is 18.0. The van der Waals surface area contributed by atoms with Crippen LogP contribution in [0.1, 0.15) is 40.7 Å². The van der Waals surface area contributed by atoms with E-state index in [1.165, 1.54) is 12.1 Å². The molecule has 0 spiro atoms. The summed E-state index contributed by atoms with van der Waals surface area (Å²) >= 11 is 0. The van der Waals surface area contributed by atoms with Crippen molar-refractivity contribution in [1.29, 1.82) is 5.26 Å². The minimum absolute atomic E-state index is 0.122. The van der Waals surface area contributed by atoms with Crippen molar-refractivity contribution in [2.24, 2.45) is 5.92 Å². The van der Waals surface area contributed by atoms with Crippen molar-refractivity contribution in [1.82, 2.24) is 19.6 Å². The molecule has 4 rings (SSSR count). The standard InChI is InChI=1S/C22H25FN6O3/c1-3-19(30)14-10-27(2)21(31)20-16-12-28(7-6-18(16)26-29(20)11-14)22(32)25-15-4-5-17(23)13(8-15)9-24/h4-5,8,14,19,30H,3,6-7,10-12H2,1-2H3,(H,25,32)/t14-,19-/m0/s1. The molecular weight excluding hydrogens is 415 g/mol. The van der Waals surface area contributed by atoms with Gasteiger partial charge in [-0.1, -0.05) is 6.92 Å². The monoisotopic (exact) mass is 440 g/mol. The summed E-state index contributed by atoms with van der Waals surface area (Å²) in [4.78, 5) is 29.1. The number of carbonyl (C=O) groups is 2. The fraction of sp³-hybridized carbons (Fsp3) is 0.455. The third kappa shape index (κ3) is 3.91. The van der Waals surface area contributed by atoms with Crippen LogP contribution in [-0.2, 0) is 19.5 Å². The van der Waals surface area contributed by atoms with Crippen molar-refractivity contribution >= 4 is 17.6 Å². The molecule has 2 aliphatic heterocycles. The first-order valence-corrected chi connectivity index (χ1v) is 10.6. The van der Waals surface area contributed by atoms with E-state index in [9.17, 15) is 19.1 Å². The lowest BCUT2D eigenvalue weighted by atomic mass is 10.0. The van der Waals surface area contributed by atoms with E-state index in [1.807, 2.05) is 6.92 Å². The average Bonchev–Trinajstić information content (AvgIpc) is 3.09. The van der Waals surface area contributed by atoms with Crippen molar-refractivity contribution in [2.75, 3.05) is 25.5 Å². The summed E-state index contributed by atoms with van der Waals surface area (Å²) in [6, 6.07) is 5.16. The van der Waals surface area contributed by atoms with E-state index in [0.29, 0.717) is 49.4 Å². The van der Waals surface area contributed by atoms with Gasteiger partial charge in [-0.2, -0.15) is 10.4 Å². The summed E-state index contributed by atoms with van der Waals surface area (Å²) in [5.74, 6) is -0.947. The van der Waals surface area contributed by atoms with Crippen LogP contribution in [0.25, 0.3) is 0 Å². The minimum Gasteiger partial charge on any atom is -0.393 e. The highest BCUT2D eigenvalue weighted by molar-refractivity contribution is 5.95. The van der Waals surface area contributed by atoms with Crippen molar-refractivity contribution in [3.05, 3.63) is 46.5 Å². The number of hydrogen-bond acceptors (Lipinski definition) is 5. The number of carbonyl (C=O) groups excluding carboxylic acids is 2. The second-order valence-corrected chi connectivity index (χ2v) is 8.29. The molecular formula is C22H25FN6O3. The number of hydrogen-bond donors (Lipinski definition) is 2. The van der Waals surface area contributed by atoms with Crippen LogP contribution in [-0.4, -0.2) is 62.9 Å². The first-order valence-electron chi connectivity index (χ1n) is 10.6. The lowest BCUT2D eigenvalue weighted by Gasteiger charge is -2.27. The molecule has 2 aliphatic rings. The highest BCUT2D eigenvalue weighted by Gasteiger charge is 2.36. The number of nitrogens with one attached hydrogen (secondary N) is 1. The second kappa shape index (κ2) is 8.59. The van der Waals surface area contributed by atoms with Crippen LogP contribution < -0.4 is 5.32 Å². The quantitative estimate of drug-likeness (QED) is 0.757. The average molecular weight is 440 g/mol. The van der Waals surface area contributed by atoms with Gasteiger partial charge in [-0.25, -0.2) is 9.18 Å². The number of aliphatic hydroxyl groups is 1. The summed E-state index contributed by atoms with van der Waals surface area (Å²) in [5.41, 5.74) is 2.12. The lowest BCUT2D eigenvalue weighted by molar-refractivity contribution is 0.0626. The SMILES string of the molecule is CC[C@H](O)[C@H]1CN(C)C(=O)c2c3c(nn2C1)CCN(C(=O)Nc1ccc(F)c(C#N)c1)C3. The molecule has 2 N–H and O–H groups in total. The second-order valence-electron chi connectivity index (χ2n) is 8.29. The van der Waals surface area contributed by atoms with E-state index in [-0.39, 0.29) is 23.9 Å². The predicted molar refractivity (Wildman–Crippen MR) is 113 cm³/mol. The summed E-state index contributed by atoms with van der Waals surface area (Å²) in [5, 5.41) is 26.7. The van der Waals surface area contributed by atoms with Crippen LogP contribution in [0.4, 0.5) is 14.9 Å². The number of benzene rings is 1. The van der Waals surface area contributed by atoms with Crippen molar-refractivity contribution < 1.29 is 19.1 Å². The Morgan fingerprint density at radius 3 is 2.94 bits per heavy atom. The minimum atomic E-state index is -0.648. The Morgan fingerprint density at radius 2 is 2.22 bits per heavy atom. The molecule has 1 aromatic carbocycles. The van der Waals surface area contributed by atoms with Crippen molar-refractivity contribution in [3.8, 4) is 6.07 Å². The third-order valence-corrected chi connectivity index (χ3v) is 6.15. The normalized spacial score (nSPS) is 19.0. The molecule has 0 unspecified atom stereocenters. The Morgan fingerprint density at radius 1 is 1.44 bits per heavy atom. The number of rotatable bonds is 3. The summed E-state index contributed by atoms with van der Waals surface area (Å²) in [7, 11) is 1.71. The smallest absolute Gasteiger partial charge is 0.322 e. The molecule has 32 heavy (non-hydrogen) atoms. The molecule has 1 aromatic heterocycles. The zero-order valence-corrected chi connectivity index (χ0v) is 18.0. The largest absolute Gasteiger partial charge is 0.393 e. The van der Waals surface area contributed by atoms with Crippen LogP contribution in [0.2, 0.25) is 0 Å². The number of nitriles is 1. The van der Waals surface area contributed by atoms with E-state index in [1.54, 1.807) is 27.6 Å². The molecule has 168 valence electrons. The maximum Gasteiger partial charge on any atom is 0.322 e. The molecule has 0 saturated heterocycles. The van der Waals surface area contributed by atoms with E-state index >= 15 is 0 Å². The summed E-state index contributed by atoms with van der Waals surface area (Å²) < 4.78 is 15.2. The predicted octanol–water partition coefficient (Wildman–Crippen LogP) is 1.96. The van der Waals surface area contributed by atoms with Crippen molar-refractivity contribution in [2.45, 2.75) is 39.0 Å². The summed E-state index contributed by atoms with van der Waals surface area (Å²) in [6.45, 7) is 3.40. The van der Waals surface area contributed by atoms with Gasteiger partial charge >= 0.3 is 6.03 Å². The third-order valence-electron chi connectivity index (χ3n) is 6.15. The van der Waals surface area contributed by atoms with Gasteiger partial charge in [0.25, 0.3) is 5.91 Å². The maximum atomic E-state index is 13.5. The van der Waals surface area contributed by atoms with Gasteiger partial charge in [0, 0.05) is 50.3 Å². The molecule has 0 fully saturated rings. The Balaban J connectivity index is 1.57. The van der Waals surface area contributed by atoms with Gasteiger partial charge in [-0.15, -0.1) is 0 Å². The van der Waals surface area contributed by atoms with Gasteiger partial charge in [-0.05, 0) is 24.6 Å². The first-order chi connectivity index (χ1) is 15.3. The molecule has 0 bridgehead atoms. The van der Waals surface area contributed by atoms with Gasteiger partial charge in [0.2, 0.25) is 0 Å². The van der Waals surface area contributed by atoms with Crippen LogP contribution in [0.3, 0.4) is 0 Å². The first kappa shape index (κ1) is 21.8. The zero-order chi connectivity index (χ0) is 23.0. The van der Waals surface area contributed by atoms with E-state index < -0.39 is 18.0 Å². The van der Waals surface area contributed by atoms with Crippen LogP contribution in [0.5, 0.6) is 0 Å². The van der Waals surface area contributed by atoms with Gasteiger partial charge in [0.1, 0.15) is 17.6 Å². The number of urea groups is 1. The molecule has 3 amide bonds. The molecule has 0 aliphatic carbocycles. The number of fused-ring (bicyclic) bond motifs is 3. The van der Waals surface area contributed by atoms with Crippen LogP contribution in [0.15, 0.2) is 18.2 Å². The van der Waals surface area contributed by atoms with Gasteiger partial charge in [0.15, 0.2) is 0 Å². The van der Waals surface area contributed by atoms with Gasteiger partial charge in [0.05, 0.1) is 23.9 Å². The van der Waals surface area contributed by atoms with E-state index in [0.717, 1.165) is 11.8 Å². The number of aromatic nitrogens is 2. The lowest BCUT2D eigenvalue weighted by Crippen LogP contribution is -2.40. The molecule has 3 heterocycles. The van der Waals surface area contributed by atoms with Crippen LogP contribution in [0, 0.1) is 23.1 Å². The molecule has 9 nitrogen and oxygen atoms in total. The van der Waals surface area contributed by atoms with Gasteiger partial charge in [-0.3, -0.25) is 9.48 Å². The maximum absolute atomic E-state index is 13.5.